The molecule has 24 nitrogen and oxygen atoms in total. The van der Waals surface area contributed by atoms with E-state index in [1.807, 2.05) is 0 Å². The van der Waals surface area contributed by atoms with Crippen molar-refractivity contribution in [3.05, 3.63) is 103 Å². The molecule has 4 aliphatic carbocycles. The molecule has 0 unspecified atom stereocenters. The molecule has 2 aliphatic heterocycles. The number of methoxy groups -OCH3 is 2. The molecule has 0 spiro atoms. The molecule has 6 aliphatic rings. The Kier molecular flexibility index (Phi) is 16.2. The lowest BCUT2D eigenvalue weighted by Gasteiger charge is -2.42. The summed E-state index contributed by atoms with van der Waals surface area (Å²) in [5.41, 5.74) is 4.75. The highest BCUT2D eigenvalue weighted by atomic mass is 35.5. The number of aliphatic hydroxyl groups is 6. The van der Waals surface area contributed by atoms with E-state index in [-0.39, 0.29) is 81.3 Å². The number of nitrogens with two attached hydrogens (primary N) is 2. The number of halogens is 1. The first-order chi connectivity index (χ1) is 36.9. The second kappa shape index (κ2) is 21.9. The number of carbonyl (C=O) groups excluding carboxylic acids is 6. The maximum Gasteiger partial charge on any atom is 0.202 e. The maximum atomic E-state index is 13.6. The number of ether oxygens (including phenoxy) is 6. The number of aliphatic hydroxyl groups excluding tert-OH is 4. The largest absolute Gasteiger partial charge is 0.507 e. The van der Waals surface area contributed by atoms with Gasteiger partial charge < -0.3 is 91.0 Å². The van der Waals surface area contributed by atoms with E-state index < -0.39 is 191 Å². The summed E-state index contributed by atoms with van der Waals surface area (Å²) in [6.45, 7) is 1.12. The number of hydrogen-bond acceptors (Lipinski definition) is 24. The Hall–Kier alpha value is -6.49. The van der Waals surface area contributed by atoms with Crippen LogP contribution >= 0.6 is 12.4 Å². The number of benzene rings is 4. The lowest BCUT2D eigenvalue weighted by atomic mass is 9.72. The van der Waals surface area contributed by atoms with Crippen molar-refractivity contribution in [3.8, 4) is 34.5 Å². The minimum absolute atomic E-state index is 0. The van der Waals surface area contributed by atoms with Crippen LogP contribution in [0.15, 0.2) is 36.4 Å². The minimum atomic E-state index is -2.24. The number of ketones is 6. The van der Waals surface area contributed by atoms with Crippen LogP contribution in [0.25, 0.3) is 0 Å². The molecule has 10 rings (SSSR count). The Morgan fingerprint density at radius 1 is 0.582 bits per heavy atom. The van der Waals surface area contributed by atoms with Gasteiger partial charge in [-0.2, -0.15) is 0 Å². The molecular formula is C54H59ClN2O22. The third kappa shape index (κ3) is 9.62. The van der Waals surface area contributed by atoms with Crippen molar-refractivity contribution in [2.75, 3.05) is 27.4 Å². The van der Waals surface area contributed by atoms with Crippen LogP contribution in [0, 0.1) is 0 Å². The predicted octanol–water partition coefficient (Wildman–Crippen LogP) is 0.424. The first kappa shape index (κ1) is 58.7. The summed E-state index contributed by atoms with van der Waals surface area (Å²) in [6.07, 6.45) is -10.2. The first-order valence-corrected chi connectivity index (χ1v) is 24.8. The van der Waals surface area contributed by atoms with E-state index in [0.717, 1.165) is 0 Å². The van der Waals surface area contributed by atoms with Gasteiger partial charge in [-0.1, -0.05) is 24.3 Å². The summed E-state index contributed by atoms with van der Waals surface area (Å²) in [4.78, 5) is 79.5. The van der Waals surface area contributed by atoms with Gasteiger partial charge in [0.1, 0.15) is 58.9 Å². The van der Waals surface area contributed by atoms with Crippen LogP contribution in [0.3, 0.4) is 0 Å². The summed E-state index contributed by atoms with van der Waals surface area (Å²) in [5.74, 6) is -7.55. The highest BCUT2D eigenvalue weighted by molar-refractivity contribution is 6.32. The summed E-state index contributed by atoms with van der Waals surface area (Å²) >= 11 is 0. The van der Waals surface area contributed by atoms with E-state index in [1.54, 1.807) is 13.8 Å². The van der Waals surface area contributed by atoms with Gasteiger partial charge in [0.25, 0.3) is 0 Å². The number of aromatic hydroxyl groups is 4. The molecule has 424 valence electrons. The van der Waals surface area contributed by atoms with Crippen LogP contribution in [0.1, 0.15) is 138 Å². The molecule has 0 saturated carbocycles. The Labute approximate surface area is 455 Å². The lowest BCUT2D eigenvalue weighted by molar-refractivity contribution is -0.247. The number of phenols is 4. The quantitative estimate of drug-likeness (QED) is 0.0827. The molecule has 0 bridgehead atoms. The van der Waals surface area contributed by atoms with Crippen LogP contribution in [-0.2, 0) is 41.4 Å². The Bertz CT molecular complexity index is 2970. The zero-order valence-corrected chi connectivity index (χ0v) is 43.6. The third-order valence-electron chi connectivity index (χ3n) is 15.6. The van der Waals surface area contributed by atoms with Gasteiger partial charge in [-0.25, -0.2) is 0 Å². The standard InChI is InChI=1S/2C27H29NO11.ClH/c2*1-10-22(31)13(28)6-17(38-10)39-15-8-27(36,16(30)9-29)7-12-19(15)26(35)21-20(24(12)33)23(32)11-4-3-5-14(37-2)18(11)25(21)34;/h2*3-5,10,13,15,17,22,29,31,33,35-36H,6-9,28H2,1-2H3;1H/t10-,13-,15-,17-,22+,27-;10-,13-,15-,17-,22-,27-;/m00./s1. The van der Waals surface area contributed by atoms with E-state index in [2.05, 4.69) is 0 Å². The van der Waals surface area contributed by atoms with Crippen LogP contribution in [0.4, 0.5) is 0 Å². The molecule has 0 radical (unpaired) electrons. The Morgan fingerprint density at radius 2 is 0.924 bits per heavy atom. The van der Waals surface area contributed by atoms with E-state index in [4.69, 9.17) is 39.9 Å². The molecule has 4 aromatic carbocycles. The lowest BCUT2D eigenvalue weighted by Crippen LogP contribution is -2.53. The van der Waals surface area contributed by atoms with Crippen LogP contribution < -0.4 is 20.9 Å². The average Bonchev–Trinajstić information content (AvgIpc) is 3.59. The second-order valence-electron chi connectivity index (χ2n) is 20.3. The number of fused-ring (bicyclic) bond motifs is 6. The monoisotopic (exact) mass is 1120 g/mol. The van der Waals surface area contributed by atoms with Gasteiger partial charge in [0, 0.05) is 84.0 Å². The highest BCUT2D eigenvalue weighted by Crippen LogP contribution is 2.55. The van der Waals surface area contributed by atoms with Crippen LogP contribution in [-0.4, -0.2) is 173 Å². The molecule has 14 N–H and O–H groups in total. The van der Waals surface area contributed by atoms with Gasteiger partial charge in [-0.05, 0) is 26.0 Å². The van der Waals surface area contributed by atoms with Gasteiger partial charge >= 0.3 is 0 Å². The van der Waals surface area contributed by atoms with Gasteiger partial charge in [0.15, 0.2) is 35.7 Å². The Morgan fingerprint density at radius 3 is 1.24 bits per heavy atom. The molecule has 2 heterocycles. The van der Waals surface area contributed by atoms with Crippen LogP contribution in [0.2, 0.25) is 0 Å². The summed E-state index contributed by atoms with van der Waals surface area (Å²) < 4.78 is 34.0. The van der Waals surface area contributed by atoms with Crippen LogP contribution in [0.5, 0.6) is 34.5 Å². The number of hydrogen-bond donors (Lipinski definition) is 12. The highest BCUT2D eigenvalue weighted by Gasteiger charge is 2.52. The summed E-state index contributed by atoms with van der Waals surface area (Å²) in [7, 11) is 2.64. The van der Waals surface area contributed by atoms with Gasteiger partial charge in [0.05, 0.1) is 84.2 Å². The van der Waals surface area contributed by atoms with Crippen molar-refractivity contribution in [3.63, 3.8) is 0 Å². The van der Waals surface area contributed by atoms with E-state index in [1.165, 1.54) is 50.6 Å². The maximum absolute atomic E-state index is 13.6. The minimum Gasteiger partial charge on any atom is -0.507 e. The van der Waals surface area contributed by atoms with Crippen molar-refractivity contribution in [1.29, 1.82) is 0 Å². The molecule has 25 heteroatoms. The summed E-state index contributed by atoms with van der Waals surface area (Å²) in [6, 6.07) is 7.27. The SMILES string of the molecule is COc1cccc2c1C(=O)c1c(O)c3c(c(O)c1C2=O)C[C@@](O)(C(=O)CO)C[C@@H]3O[C@H]1C[C@H](N)[C@@H](O)[C@H](C)O1.COc1cccc2c1C(=O)c1c(O)c3c(c(O)c1C2=O)C[C@@](O)(C(=O)CO)C[C@@H]3O[C@H]1C[C@H](N)[C@H](O)[C@H](C)O1.Cl. The van der Waals surface area contributed by atoms with E-state index in [0.29, 0.717) is 0 Å². The molecular weight excluding hydrogens is 1060 g/mol. The van der Waals surface area contributed by atoms with E-state index >= 15 is 0 Å². The Balaban J connectivity index is 0.000000205. The zero-order valence-electron chi connectivity index (χ0n) is 42.8. The topological polar surface area (TPSA) is 412 Å². The number of phenolic OH excluding ortho intramolecular Hbond substituents is 4. The van der Waals surface area contributed by atoms with Gasteiger partial charge in [0.2, 0.25) is 11.6 Å². The van der Waals surface area contributed by atoms with Crippen molar-refractivity contribution < 1.29 is 108 Å². The number of carbonyl (C=O) groups is 6. The molecule has 2 saturated heterocycles. The molecule has 12 atom stereocenters. The van der Waals surface area contributed by atoms with Crippen molar-refractivity contribution in [2.45, 2.75) is 125 Å². The fraction of sp³-hybridized carbons (Fsp3) is 0.444. The zero-order chi connectivity index (χ0) is 56.8. The molecule has 0 aromatic heterocycles. The molecule has 2 fully saturated rings. The number of rotatable bonds is 10. The van der Waals surface area contributed by atoms with Gasteiger partial charge in [-0.3, -0.25) is 28.8 Å². The third-order valence-corrected chi connectivity index (χ3v) is 15.6. The second-order valence-corrected chi connectivity index (χ2v) is 20.3. The van der Waals surface area contributed by atoms with Crippen molar-refractivity contribution in [1.82, 2.24) is 0 Å². The van der Waals surface area contributed by atoms with E-state index in [9.17, 15) is 79.8 Å². The smallest absolute Gasteiger partial charge is 0.202 e. The molecule has 4 aromatic rings. The normalized spacial score (nSPS) is 29.5. The number of Topliss-reactive ketones (excluding diaryl/α,β-unsaturated/α-hetero) is 2. The fourth-order valence-corrected chi connectivity index (χ4v) is 11.5. The molecule has 79 heavy (non-hydrogen) atoms. The fourth-order valence-electron chi connectivity index (χ4n) is 11.5. The van der Waals surface area contributed by atoms with Crippen molar-refractivity contribution >= 4 is 47.1 Å². The van der Waals surface area contributed by atoms with Gasteiger partial charge in [-0.15, -0.1) is 12.4 Å². The first-order valence-electron chi connectivity index (χ1n) is 24.8. The predicted molar refractivity (Wildman–Crippen MR) is 271 cm³/mol. The van der Waals surface area contributed by atoms with Crippen molar-refractivity contribution in [2.24, 2.45) is 11.5 Å². The molecule has 0 amide bonds. The average molecular weight is 1120 g/mol. The summed E-state index contributed by atoms with van der Waals surface area (Å²) in [5, 5.41) is 107.